The van der Waals surface area contributed by atoms with Crippen LogP contribution in [0.25, 0.3) is 0 Å². The predicted octanol–water partition coefficient (Wildman–Crippen LogP) is 2.51. The van der Waals surface area contributed by atoms with E-state index in [2.05, 4.69) is 0 Å². The second-order valence-corrected chi connectivity index (χ2v) is 5.03. The molecule has 0 aromatic heterocycles. The lowest BCUT2D eigenvalue weighted by Crippen LogP contribution is -2.46. The fourth-order valence-corrected chi connectivity index (χ4v) is 2.25. The number of esters is 2. The van der Waals surface area contributed by atoms with Gasteiger partial charge in [0.1, 0.15) is 0 Å². The third kappa shape index (κ3) is 4.82. The SMILES string of the molecule is CCCCC(CC)C1(O)OC(=O)CCCCC(=O)O1. The van der Waals surface area contributed by atoms with Gasteiger partial charge in [-0.3, -0.25) is 9.59 Å². The van der Waals surface area contributed by atoms with E-state index in [0.29, 0.717) is 25.7 Å². The van der Waals surface area contributed by atoms with Gasteiger partial charge in [-0.25, -0.2) is 0 Å². The van der Waals surface area contributed by atoms with Crippen LogP contribution in [0.1, 0.15) is 65.2 Å². The number of carbonyl (C=O) groups excluding carboxylic acids is 2. The third-order valence-corrected chi connectivity index (χ3v) is 3.45. The molecule has 5 nitrogen and oxygen atoms in total. The molecular weight excluding hydrogens is 248 g/mol. The summed E-state index contributed by atoms with van der Waals surface area (Å²) in [4.78, 5) is 23.3. The lowest BCUT2D eigenvalue weighted by atomic mass is 9.96. The van der Waals surface area contributed by atoms with E-state index in [1.165, 1.54) is 0 Å². The largest absolute Gasteiger partial charge is 0.398 e. The standard InChI is InChI=1S/C14H24O5/c1-3-5-8-11(4-2)14(17)18-12(15)9-6-7-10-13(16)19-14/h11,17H,3-10H2,1-2H3. The molecule has 0 aromatic carbocycles. The summed E-state index contributed by atoms with van der Waals surface area (Å²) < 4.78 is 10.1. The highest BCUT2D eigenvalue weighted by atomic mass is 16.8. The maximum atomic E-state index is 11.6. The molecular formula is C14H24O5. The van der Waals surface area contributed by atoms with Crippen LogP contribution in [0, 0.1) is 5.92 Å². The Bertz CT molecular complexity index is 293. The molecule has 1 saturated heterocycles. The number of carbonyl (C=O) groups is 2. The molecule has 0 aliphatic carbocycles. The number of hydrogen-bond donors (Lipinski definition) is 1. The van der Waals surface area contributed by atoms with Crippen LogP contribution in [0.3, 0.4) is 0 Å². The monoisotopic (exact) mass is 272 g/mol. The van der Waals surface area contributed by atoms with Crippen LogP contribution in [-0.2, 0) is 19.1 Å². The molecule has 1 unspecified atom stereocenters. The first-order chi connectivity index (χ1) is 9.01. The Hall–Kier alpha value is -1.10. The van der Waals surface area contributed by atoms with Gasteiger partial charge in [-0.15, -0.1) is 0 Å². The van der Waals surface area contributed by atoms with Gasteiger partial charge in [0, 0.05) is 12.8 Å². The Morgan fingerprint density at radius 1 is 1.16 bits per heavy atom. The maximum absolute atomic E-state index is 11.6. The molecule has 1 atom stereocenters. The summed E-state index contributed by atoms with van der Waals surface area (Å²) in [5, 5.41) is 10.4. The van der Waals surface area contributed by atoms with Crippen LogP contribution in [0.5, 0.6) is 0 Å². The number of ether oxygens (including phenoxy) is 2. The van der Waals surface area contributed by atoms with Crippen LogP contribution in [-0.4, -0.2) is 23.0 Å². The Morgan fingerprint density at radius 3 is 2.11 bits per heavy atom. The zero-order valence-corrected chi connectivity index (χ0v) is 11.8. The molecule has 0 radical (unpaired) electrons. The van der Waals surface area contributed by atoms with Crippen molar-refractivity contribution in [3.63, 3.8) is 0 Å². The van der Waals surface area contributed by atoms with Gasteiger partial charge in [0.2, 0.25) is 0 Å². The highest BCUT2D eigenvalue weighted by Gasteiger charge is 2.44. The van der Waals surface area contributed by atoms with Crippen molar-refractivity contribution in [1.29, 1.82) is 0 Å². The molecule has 0 bridgehead atoms. The summed E-state index contributed by atoms with van der Waals surface area (Å²) in [5.74, 6) is -3.49. The molecule has 110 valence electrons. The zero-order chi connectivity index (χ0) is 14.3. The molecule has 1 rings (SSSR count). The fraction of sp³-hybridized carbons (Fsp3) is 0.857. The molecule has 19 heavy (non-hydrogen) atoms. The number of rotatable bonds is 5. The molecule has 1 aliphatic heterocycles. The Labute approximate surface area is 114 Å². The minimum Gasteiger partial charge on any atom is -0.398 e. The van der Waals surface area contributed by atoms with Gasteiger partial charge in [-0.05, 0) is 25.7 Å². The molecule has 1 fully saturated rings. The van der Waals surface area contributed by atoms with Gasteiger partial charge in [0.15, 0.2) is 0 Å². The van der Waals surface area contributed by atoms with Crippen LogP contribution in [0.15, 0.2) is 0 Å². The van der Waals surface area contributed by atoms with Crippen LogP contribution >= 0.6 is 0 Å². The average Bonchev–Trinajstić information content (AvgIpc) is 2.40. The van der Waals surface area contributed by atoms with E-state index in [0.717, 1.165) is 12.8 Å². The zero-order valence-electron chi connectivity index (χ0n) is 11.8. The molecule has 1 heterocycles. The van der Waals surface area contributed by atoms with E-state index >= 15 is 0 Å². The molecule has 0 aromatic rings. The number of hydrogen-bond acceptors (Lipinski definition) is 5. The molecule has 0 spiro atoms. The van der Waals surface area contributed by atoms with Gasteiger partial charge >= 0.3 is 17.9 Å². The molecule has 0 amide bonds. The highest BCUT2D eigenvalue weighted by Crippen LogP contribution is 2.31. The number of unbranched alkanes of at least 4 members (excludes halogenated alkanes) is 1. The first-order valence-electron chi connectivity index (χ1n) is 7.17. The molecule has 1 aliphatic rings. The van der Waals surface area contributed by atoms with E-state index in [4.69, 9.17) is 9.47 Å². The van der Waals surface area contributed by atoms with E-state index in [9.17, 15) is 14.7 Å². The van der Waals surface area contributed by atoms with Crippen molar-refractivity contribution in [3.05, 3.63) is 0 Å². The Kier molecular flexibility index (Phi) is 6.28. The van der Waals surface area contributed by atoms with E-state index in [1.54, 1.807) is 0 Å². The second kappa shape index (κ2) is 7.48. The summed E-state index contributed by atoms with van der Waals surface area (Å²) in [6.45, 7) is 3.92. The van der Waals surface area contributed by atoms with Gasteiger partial charge in [-0.1, -0.05) is 26.7 Å². The van der Waals surface area contributed by atoms with Crippen molar-refractivity contribution >= 4 is 11.9 Å². The Morgan fingerprint density at radius 2 is 1.68 bits per heavy atom. The second-order valence-electron chi connectivity index (χ2n) is 5.03. The van der Waals surface area contributed by atoms with Crippen molar-refractivity contribution in [1.82, 2.24) is 0 Å². The van der Waals surface area contributed by atoms with Crippen LogP contribution in [0.2, 0.25) is 0 Å². The predicted molar refractivity (Wildman–Crippen MR) is 68.9 cm³/mol. The summed E-state index contributed by atoms with van der Waals surface area (Å²) >= 11 is 0. The van der Waals surface area contributed by atoms with Crippen molar-refractivity contribution in [2.75, 3.05) is 0 Å². The third-order valence-electron chi connectivity index (χ3n) is 3.45. The summed E-state index contributed by atoms with van der Waals surface area (Å²) in [6, 6.07) is 0. The lowest BCUT2D eigenvalue weighted by Gasteiger charge is -2.33. The first kappa shape index (κ1) is 16.0. The first-order valence-corrected chi connectivity index (χ1v) is 7.17. The van der Waals surface area contributed by atoms with Gasteiger partial charge in [0.25, 0.3) is 0 Å². The fourth-order valence-electron chi connectivity index (χ4n) is 2.25. The number of cyclic esters (lactones) is 2. The van der Waals surface area contributed by atoms with Crippen LogP contribution in [0.4, 0.5) is 0 Å². The topological polar surface area (TPSA) is 72.8 Å². The van der Waals surface area contributed by atoms with Crippen molar-refractivity contribution < 1.29 is 24.2 Å². The van der Waals surface area contributed by atoms with E-state index in [1.807, 2.05) is 13.8 Å². The Balaban J connectivity index is 2.84. The highest BCUT2D eigenvalue weighted by molar-refractivity contribution is 5.72. The van der Waals surface area contributed by atoms with E-state index < -0.39 is 17.9 Å². The average molecular weight is 272 g/mol. The van der Waals surface area contributed by atoms with Crippen molar-refractivity contribution in [2.45, 2.75) is 71.2 Å². The van der Waals surface area contributed by atoms with Gasteiger partial charge < -0.3 is 14.6 Å². The summed E-state index contributed by atoms with van der Waals surface area (Å²) in [6.07, 6.45) is 4.67. The molecule has 0 saturated carbocycles. The minimum atomic E-state index is -2.09. The summed E-state index contributed by atoms with van der Waals surface area (Å²) in [7, 11) is 0. The van der Waals surface area contributed by atoms with Gasteiger partial charge in [-0.2, -0.15) is 0 Å². The maximum Gasteiger partial charge on any atom is 0.376 e. The number of aliphatic hydroxyl groups is 1. The smallest absolute Gasteiger partial charge is 0.376 e. The summed E-state index contributed by atoms with van der Waals surface area (Å²) in [5.41, 5.74) is 0. The van der Waals surface area contributed by atoms with Crippen LogP contribution < -0.4 is 0 Å². The van der Waals surface area contributed by atoms with Crippen molar-refractivity contribution in [3.8, 4) is 0 Å². The van der Waals surface area contributed by atoms with E-state index in [-0.39, 0.29) is 18.8 Å². The quantitative estimate of drug-likeness (QED) is 0.778. The molecule has 5 heteroatoms. The minimum absolute atomic E-state index is 0.211. The normalized spacial score (nSPS) is 21.6. The lowest BCUT2D eigenvalue weighted by molar-refractivity contribution is -0.351. The van der Waals surface area contributed by atoms with Gasteiger partial charge in [0.05, 0.1) is 5.92 Å². The van der Waals surface area contributed by atoms with Crippen molar-refractivity contribution in [2.24, 2.45) is 5.92 Å². The molecule has 1 N–H and O–H groups in total.